The van der Waals surface area contributed by atoms with Crippen LogP contribution in [-0.4, -0.2) is 21.1 Å². The summed E-state index contributed by atoms with van der Waals surface area (Å²) < 4.78 is 0. The normalized spacial score (nSPS) is 37.7. The number of hydrogen-bond donors (Lipinski definition) is 1. The molecule has 2 aromatic rings. The van der Waals surface area contributed by atoms with Crippen LogP contribution in [-0.2, 0) is 4.79 Å². The smallest absolute Gasteiger partial charge is 0.232 e. The van der Waals surface area contributed by atoms with Crippen LogP contribution in [0.4, 0.5) is 5.13 Å². The maximum Gasteiger partial charge on any atom is 0.232 e. The van der Waals surface area contributed by atoms with E-state index in [1.165, 1.54) is 30.6 Å². The number of carbonyl (C=O) groups excluding carboxylic acids is 1. The summed E-state index contributed by atoms with van der Waals surface area (Å²) in [5.74, 6) is 0.866. The van der Waals surface area contributed by atoms with Gasteiger partial charge in [0.25, 0.3) is 0 Å². The SMILES string of the molecule is C[C@]12CC3CC(C(=O)Nc4nnc(-c5ccncc5)s4)(C1)C[C@@](C)(C3)C2. The zero-order valence-electron chi connectivity index (χ0n) is 15.3. The molecule has 6 heteroatoms. The Bertz CT molecular complexity index is 846. The van der Waals surface area contributed by atoms with Crippen molar-refractivity contribution in [2.45, 2.75) is 52.4 Å². The lowest BCUT2D eigenvalue weighted by Crippen LogP contribution is -2.58. The van der Waals surface area contributed by atoms with Gasteiger partial charge < -0.3 is 5.32 Å². The molecule has 2 unspecified atom stereocenters. The van der Waals surface area contributed by atoms with E-state index in [0.29, 0.717) is 21.9 Å². The van der Waals surface area contributed by atoms with Crippen LogP contribution >= 0.6 is 11.3 Å². The molecule has 4 aliphatic rings. The molecule has 0 aliphatic heterocycles. The first-order valence-electron chi connectivity index (χ1n) is 9.43. The van der Waals surface area contributed by atoms with Crippen LogP contribution in [0, 0.1) is 22.2 Å². The monoisotopic (exact) mass is 368 g/mol. The number of anilines is 1. The van der Waals surface area contributed by atoms with Gasteiger partial charge in [0.1, 0.15) is 5.01 Å². The first-order chi connectivity index (χ1) is 12.4. The second kappa shape index (κ2) is 5.35. The van der Waals surface area contributed by atoms with Crippen LogP contribution in [0.5, 0.6) is 0 Å². The highest BCUT2D eigenvalue weighted by molar-refractivity contribution is 7.18. The van der Waals surface area contributed by atoms with Gasteiger partial charge in [-0.2, -0.15) is 0 Å². The number of amides is 1. The third-order valence-corrected chi connectivity index (χ3v) is 7.57. The fourth-order valence-corrected chi connectivity index (χ4v) is 7.56. The van der Waals surface area contributed by atoms with Gasteiger partial charge in [0.15, 0.2) is 0 Å². The number of pyridine rings is 1. The van der Waals surface area contributed by atoms with Gasteiger partial charge in [-0.1, -0.05) is 25.2 Å². The number of nitrogens with one attached hydrogen (secondary N) is 1. The van der Waals surface area contributed by atoms with E-state index in [4.69, 9.17) is 0 Å². The van der Waals surface area contributed by atoms with Crippen molar-refractivity contribution in [3.05, 3.63) is 24.5 Å². The van der Waals surface area contributed by atoms with Gasteiger partial charge in [0.05, 0.1) is 5.41 Å². The highest BCUT2D eigenvalue weighted by atomic mass is 32.1. The van der Waals surface area contributed by atoms with E-state index in [1.807, 2.05) is 12.1 Å². The fraction of sp³-hybridized carbons (Fsp3) is 0.600. The summed E-state index contributed by atoms with van der Waals surface area (Å²) in [7, 11) is 0. The maximum absolute atomic E-state index is 13.3. The molecule has 0 aromatic carbocycles. The van der Waals surface area contributed by atoms with Gasteiger partial charge in [-0.25, -0.2) is 0 Å². The molecule has 4 atom stereocenters. The summed E-state index contributed by atoms with van der Waals surface area (Å²) in [5, 5.41) is 13.0. The first kappa shape index (κ1) is 16.4. The molecule has 4 aliphatic carbocycles. The highest BCUT2D eigenvalue weighted by Gasteiger charge is 2.62. The quantitative estimate of drug-likeness (QED) is 0.864. The number of rotatable bonds is 3. The Morgan fingerprint density at radius 1 is 1.08 bits per heavy atom. The van der Waals surface area contributed by atoms with Gasteiger partial charge in [0.2, 0.25) is 11.0 Å². The molecule has 5 nitrogen and oxygen atoms in total. The van der Waals surface area contributed by atoms with Crippen molar-refractivity contribution < 1.29 is 4.79 Å². The maximum atomic E-state index is 13.3. The second-order valence-corrected chi connectivity index (χ2v) is 10.5. The molecule has 0 saturated heterocycles. The zero-order chi connectivity index (χ0) is 18.0. The van der Waals surface area contributed by atoms with Crippen LogP contribution in [0.2, 0.25) is 0 Å². The Hall–Kier alpha value is -1.82. The van der Waals surface area contributed by atoms with Crippen LogP contribution < -0.4 is 5.32 Å². The van der Waals surface area contributed by atoms with E-state index >= 15 is 0 Å². The van der Waals surface area contributed by atoms with E-state index in [0.717, 1.165) is 29.8 Å². The van der Waals surface area contributed by atoms with Gasteiger partial charge in [0, 0.05) is 18.0 Å². The van der Waals surface area contributed by atoms with Crippen LogP contribution in [0.1, 0.15) is 52.4 Å². The molecule has 1 amide bonds. The number of hydrogen-bond acceptors (Lipinski definition) is 5. The molecule has 0 radical (unpaired) electrons. The molecule has 4 bridgehead atoms. The predicted octanol–water partition coefficient (Wildman–Crippen LogP) is 4.54. The zero-order valence-corrected chi connectivity index (χ0v) is 16.1. The molecule has 136 valence electrons. The summed E-state index contributed by atoms with van der Waals surface area (Å²) in [6.07, 6.45) is 10.4. The van der Waals surface area contributed by atoms with Crippen LogP contribution in [0.3, 0.4) is 0 Å². The van der Waals surface area contributed by atoms with E-state index in [9.17, 15) is 4.79 Å². The molecular formula is C20H24N4OS. The Kier molecular flexibility index (Phi) is 3.36. The number of aromatic nitrogens is 3. The van der Waals surface area contributed by atoms with Crippen molar-refractivity contribution in [1.82, 2.24) is 15.2 Å². The summed E-state index contributed by atoms with van der Waals surface area (Å²) in [6, 6.07) is 3.82. The summed E-state index contributed by atoms with van der Waals surface area (Å²) in [6.45, 7) is 4.79. The molecule has 4 saturated carbocycles. The lowest BCUT2D eigenvalue weighted by molar-refractivity contribution is -0.165. The first-order valence-corrected chi connectivity index (χ1v) is 10.2. The molecule has 2 aromatic heterocycles. The van der Waals surface area contributed by atoms with Gasteiger partial charge >= 0.3 is 0 Å². The Morgan fingerprint density at radius 2 is 1.77 bits per heavy atom. The standard InChI is InChI=1S/C20H24N4OS/c1-18-7-13-8-19(2,10-18)12-20(9-13,11-18)16(25)22-17-24-23-15(26-17)14-3-5-21-6-4-14/h3-6,13H,7-12H2,1-2H3,(H,22,24,25)/t13?,18-,19+,20?. The number of nitrogens with zero attached hydrogens (tertiary/aromatic N) is 3. The molecule has 2 heterocycles. The average Bonchev–Trinajstić information content (AvgIpc) is 3.01. The second-order valence-electron chi connectivity index (χ2n) is 9.51. The van der Waals surface area contributed by atoms with Crippen molar-refractivity contribution >= 4 is 22.4 Å². The fourth-order valence-electron chi connectivity index (χ4n) is 6.82. The Balaban J connectivity index is 1.39. The minimum absolute atomic E-state index is 0.163. The minimum atomic E-state index is -0.217. The Morgan fingerprint density at radius 3 is 2.42 bits per heavy atom. The Labute approximate surface area is 157 Å². The van der Waals surface area contributed by atoms with E-state index in [1.54, 1.807) is 12.4 Å². The highest BCUT2D eigenvalue weighted by Crippen LogP contribution is 2.69. The third-order valence-electron chi connectivity index (χ3n) is 6.68. The van der Waals surface area contributed by atoms with Gasteiger partial charge in [-0.3, -0.25) is 9.78 Å². The van der Waals surface area contributed by atoms with Crippen molar-refractivity contribution in [2.24, 2.45) is 22.2 Å². The van der Waals surface area contributed by atoms with Gasteiger partial charge in [-0.05, 0) is 67.4 Å². The van der Waals surface area contributed by atoms with E-state index in [2.05, 4.69) is 34.3 Å². The molecular weight excluding hydrogens is 344 g/mol. The number of carbonyl (C=O) groups is 1. The molecule has 1 N–H and O–H groups in total. The van der Waals surface area contributed by atoms with Crippen LogP contribution in [0.25, 0.3) is 10.6 Å². The summed E-state index contributed by atoms with van der Waals surface area (Å²) in [5.41, 5.74) is 1.42. The summed E-state index contributed by atoms with van der Waals surface area (Å²) in [4.78, 5) is 17.3. The lowest BCUT2D eigenvalue weighted by Gasteiger charge is -2.64. The van der Waals surface area contributed by atoms with E-state index < -0.39 is 0 Å². The van der Waals surface area contributed by atoms with E-state index in [-0.39, 0.29) is 11.3 Å². The lowest BCUT2D eigenvalue weighted by atomic mass is 9.40. The minimum Gasteiger partial charge on any atom is -0.300 e. The topological polar surface area (TPSA) is 67.8 Å². The summed E-state index contributed by atoms with van der Waals surface area (Å²) >= 11 is 1.43. The van der Waals surface area contributed by atoms with Crippen molar-refractivity contribution in [3.8, 4) is 10.6 Å². The third kappa shape index (κ3) is 2.57. The van der Waals surface area contributed by atoms with Gasteiger partial charge in [-0.15, -0.1) is 10.2 Å². The molecule has 4 fully saturated rings. The van der Waals surface area contributed by atoms with Crippen LogP contribution in [0.15, 0.2) is 24.5 Å². The molecule has 26 heavy (non-hydrogen) atoms. The van der Waals surface area contributed by atoms with Crippen molar-refractivity contribution in [3.63, 3.8) is 0 Å². The van der Waals surface area contributed by atoms with Crippen molar-refractivity contribution in [2.75, 3.05) is 5.32 Å². The molecule has 6 rings (SSSR count). The average molecular weight is 369 g/mol. The molecule has 0 spiro atoms. The largest absolute Gasteiger partial charge is 0.300 e. The van der Waals surface area contributed by atoms with Crippen molar-refractivity contribution in [1.29, 1.82) is 0 Å². The predicted molar refractivity (Wildman–Crippen MR) is 102 cm³/mol.